The molecule has 1 saturated heterocycles. The average molecular weight is 407 g/mol. The van der Waals surface area contributed by atoms with Gasteiger partial charge in [-0.2, -0.15) is 0 Å². The summed E-state index contributed by atoms with van der Waals surface area (Å²) in [7, 11) is 0. The molecule has 4 rings (SSSR count). The normalized spacial score (nSPS) is 46.4. The highest BCUT2D eigenvalue weighted by atomic mass is 16.7. The molecule has 0 radical (unpaired) electrons. The fraction of sp³-hybridized carbons (Fsp3) is 0.917. The molecule has 0 aromatic rings. The highest BCUT2D eigenvalue weighted by molar-refractivity contribution is 5.66. The van der Waals surface area contributed by atoms with Gasteiger partial charge in [-0.15, -0.1) is 0 Å². The van der Waals surface area contributed by atoms with Crippen molar-refractivity contribution in [1.29, 1.82) is 0 Å². The van der Waals surface area contributed by atoms with Crippen LogP contribution in [0.2, 0.25) is 0 Å². The number of esters is 1. The molecule has 0 aromatic carbocycles. The van der Waals surface area contributed by atoms with Crippen LogP contribution in [0.3, 0.4) is 0 Å². The third-order valence-corrected chi connectivity index (χ3v) is 9.32. The number of carbonyl (C=O) groups excluding carboxylic acids is 2. The number of hydrogen-bond donors (Lipinski definition) is 0. The third kappa shape index (κ3) is 3.27. The monoisotopic (exact) mass is 406 g/mol. The van der Waals surface area contributed by atoms with Crippen molar-refractivity contribution in [3.63, 3.8) is 0 Å². The average Bonchev–Trinajstić information content (AvgIpc) is 3.25. The predicted molar refractivity (Wildman–Crippen MR) is 109 cm³/mol. The zero-order valence-corrected chi connectivity index (χ0v) is 18.6. The Morgan fingerprint density at radius 2 is 1.76 bits per heavy atom. The van der Waals surface area contributed by atoms with Gasteiger partial charge in [0.1, 0.15) is 12.4 Å². The zero-order chi connectivity index (χ0) is 20.9. The molecule has 3 aliphatic carbocycles. The molecule has 7 atom stereocenters. The van der Waals surface area contributed by atoms with Crippen molar-refractivity contribution >= 4 is 12.3 Å². The van der Waals surface area contributed by atoms with E-state index in [0.29, 0.717) is 37.4 Å². The molecule has 29 heavy (non-hydrogen) atoms. The van der Waals surface area contributed by atoms with Crippen molar-refractivity contribution < 1.29 is 23.8 Å². The minimum Gasteiger partial charge on any atom is -0.462 e. The van der Waals surface area contributed by atoms with Gasteiger partial charge < -0.3 is 19.0 Å². The molecular formula is C24H38O5. The van der Waals surface area contributed by atoms with Crippen molar-refractivity contribution in [3.8, 4) is 0 Å². The van der Waals surface area contributed by atoms with E-state index >= 15 is 0 Å². The largest absolute Gasteiger partial charge is 0.462 e. The van der Waals surface area contributed by atoms with Gasteiger partial charge in [0, 0.05) is 37.0 Å². The Morgan fingerprint density at radius 1 is 1.07 bits per heavy atom. The minimum absolute atomic E-state index is 0.0298. The second-order valence-electron chi connectivity index (χ2n) is 10.7. The van der Waals surface area contributed by atoms with Crippen molar-refractivity contribution in [3.05, 3.63) is 0 Å². The SMILES string of the molecule is CC(=O)O[C@@H]1[C@@H]([C@@]2(C)CC[C@H](C)C[C@@H]2CC=O)CC[C@@]2(C)[C@H]1CCC21OCCO1. The van der Waals surface area contributed by atoms with Crippen LogP contribution < -0.4 is 0 Å². The molecule has 5 nitrogen and oxygen atoms in total. The van der Waals surface area contributed by atoms with Gasteiger partial charge in [-0.3, -0.25) is 4.79 Å². The summed E-state index contributed by atoms with van der Waals surface area (Å²) < 4.78 is 18.5. The van der Waals surface area contributed by atoms with Crippen LogP contribution in [0.5, 0.6) is 0 Å². The van der Waals surface area contributed by atoms with Gasteiger partial charge in [0.2, 0.25) is 0 Å². The predicted octanol–water partition coefficient (Wildman–Crippen LogP) is 4.52. The second kappa shape index (κ2) is 7.64. The number of carbonyl (C=O) groups is 2. The maximum absolute atomic E-state index is 12.2. The Balaban J connectivity index is 1.67. The van der Waals surface area contributed by atoms with Crippen LogP contribution in [0.4, 0.5) is 0 Å². The van der Waals surface area contributed by atoms with Crippen LogP contribution in [-0.2, 0) is 23.8 Å². The van der Waals surface area contributed by atoms with Gasteiger partial charge in [-0.1, -0.05) is 27.2 Å². The molecule has 1 spiro atoms. The Kier molecular flexibility index (Phi) is 5.61. The molecule has 0 unspecified atom stereocenters. The van der Waals surface area contributed by atoms with E-state index in [4.69, 9.17) is 14.2 Å². The minimum atomic E-state index is -0.509. The highest BCUT2D eigenvalue weighted by Gasteiger charge is 2.67. The van der Waals surface area contributed by atoms with E-state index in [1.165, 1.54) is 13.3 Å². The van der Waals surface area contributed by atoms with Gasteiger partial charge in [-0.25, -0.2) is 0 Å². The van der Waals surface area contributed by atoms with Crippen LogP contribution in [-0.4, -0.2) is 37.4 Å². The van der Waals surface area contributed by atoms with Gasteiger partial charge in [-0.05, 0) is 49.4 Å². The second-order valence-corrected chi connectivity index (χ2v) is 10.7. The summed E-state index contributed by atoms with van der Waals surface area (Å²) in [6, 6.07) is 0. The summed E-state index contributed by atoms with van der Waals surface area (Å²) in [4.78, 5) is 23.7. The van der Waals surface area contributed by atoms with E-state index < -0.39 is 5.79 Å². The Labute approximate surface area is 175 Å². The summed E-state index contributed by atoms with van der Waals surface area (Å²) in [5, 5.41) is 0. The van der Waals surface area contributed by atoms with Gasteiger partial charge >= 0.3 is 5.97 Å². The van der Waals surface area contributed by atoms with E-state index in [1.54, 1.807) is 0 Å². The molecule has 0 amide bonds. The maximum atomic E-state index is 12.2. The smallest absolute Gasteiger partial charge is 0.302 e. The van der Waals surface area contributed by atoms with Gasteiger partial charge in [0.25, 0.3) is 0 Å². The molecule has 164 valence electrons. The van der Waals surface area contributed by atoms with Crippen molar-refractivity contribution in [2.45, 2.75) is 91.0 Å². The quantitative estimate of drug-likeness (QED) is 0.507. The number of ether oxygens (including phenoxy) is 3. The summed E-state index contributed by atoms with van der Waals surface area (Å²) in [5.41, 5.74) is -0.0966. The van der Waals surface area contributed by atoms with Crippen LogP contribution >= 0.6 is 0 Å². The van der Waals surface area contributed by atoms with Crippen molar-refractivity contribution in [2.24, 2.45) is 34.5 Å². The molecule has 3 saturated carbocycles. The first-order chi connectivity index (χ1) is 13.8. The van der Waals surface area contributed by atoms with Crippen LogP contribution in [0, 0.1) is 34.5 Å². The van der Waals surface area contributed by atoms with Gasteiger partial charge in [0.05, 0.1) is 13.2 Å². The summed E-state index contributed by atoms with van der Waals surface area (Å²) in [5.74, 6) is 0.855. The first-order valence-electron chi connectivity index (χ1n) is 11.6. The zero-order valence-electron chi connectivity index (χ0n) is 18.6. The lowest BCUT2D eigenvalue weighted by molar-refractivity contribution is -0.252. The first kappa shape index (κ1) is 21.3. The van der Waals surface area contributed by atoms with Crippen molar-refractivity contribution in [1.82, 2.24) is 0 Å². The van der Waals surface area contributed by atoms with E-state index in [9.17, 15) is 9.59 Å². The fourth-order valence-corrected chi connectivity index (χ4v) is 7.63. The molecule has 0 bridgehead atoms. The highest BCUT2D eigenvalue weighted by Crippen LogP contribution is 2.65. The molecule has 0 N–H and O–H groups in total. The molecular weight excluding hydrogens is 368 g/mol. The topological polar surface area (TPSA) is 61.8 Å². The lowest BCUT2D eigenvalue weighted by atomic mass is 9.50. The first-order valence-corrected chi connectivity index (χ1v) is 11.6. The molecule has 4 fully saturated rings. The third-order valence-electron chi connectivity index (χ3n) is 9.32. The number of fused-ring (bicyclic) bond motifs is 2. The van der Waals surface area contributed by atoms with Crippen LogP contribution in [0.15, 0.2) is 0 Å². The van der Waals surface area contributed by atoms with E-state index in [1.807, 2.05) is 0 Å². The fourth-order valence-electron chi connectivity index (χ4n) is 7.63. The summed E-state index contributed by atoms with van der Waals surface area (Å²) in [6.07, 6.45) is 8.85. The van der Waals surface area contributed by atoms with E-state index in [0.717, 1.165) is 44.8 Å². The van der Waals surface area contributed by atoms with Crippen LogP contribution in [0.1, 0.15) is 79.1 Å². The summed E-state index contributed by atoms with van der Waals surface area (Å²) >= 11 is 0. The number of aldehydes is 1. The molecule has 5 heteroatoms. The number of rotatable bonds is 4. The lowest BCUT2D eigenvalue weighted by Crippen LogP contribution is -2.58. The Morgan fingerprint density at radius 3 is 2.41 bits per heavy atom. The maximum Gasteiger partial charge on any atom is 0.302 e. The van der Waals surface area contributed by atoms with Crippen molar-refractivity contribution in [2.75, 3.05) is 13.2 Å². The molecule has 1 aliphatic heterocycles. The molecule has 1 heterocycles. The van der Waals surface area contributed by atoms with E-state index in [-0.39, 0.29) is 28.8 Å². The van der Waals surface area contributed by atoms with E-state index in [2.05, 4.69) is 20.8 Å². The summed E-state index contributed by atoms with van der Waals surface area (Å²) in [6.45, 7) is 9.79. The molecule has 4 aliphatic rings. The van der Waals surface area contributed by atoms with Crippen LogP contribution in [0.25, 0.3) is 0 Å². The molecule has 0 aromatic heterocycles. The standard InChI is InChI=1S/C24H38O5/c1-16-5-9-22(3,18(15-16)8-12-25)19-6-10-23(4)20(21(19)29-17(2)26)7-11-24(23)27-13-14-28-24/h12,16,18-21H,5-11,13-15H2,1-4H3/t16-,18-,19-,20-,21+,22-,23-/m0/s1. The Hall–Kier alpha value is -0.940. The lowest BCUT2D eigenvalue weighted by Gasteiger charge is -2.57. The number of hydrogen-bond acceptors (Lipinski definition) is 5. The van der Waals surface area contributed by atoms with Gasteiger partial charge in [0.15, 0.2) is 5.79 Å². The Bertz CT molecular complexity index is 641.